The van der Waals surface area contributed by atoms with E-state index in [4.69, 9.17) is 11.0 Å². The highest BCUT2D eigenvalue weighted by atomic mass is 32.2. The smallest absolute Gasteiger partial charge is 0.189 e. The van der Waals surface area contributed by atoms with E-state index in [0.717, 1.165) is 22.2 Å². The van der Waals surface area contributed by atoms with Crippen molar-refractivity contribution in [2.45, 2.75) is 12.1 Å². The lowest BCUT2D eigenvalue weighted by Gasteiger charge is -2.03. The number of ketones is 1. The maximum atomic E-state index is 12.7. The fourth-order valence-corrected chi connectivity index (χ4v) is 3.30. The normalized spacial score (nSPS) is 10.7. The van der Waals surface area contributed by atoms with Crippen LogP contribution in [0.3, 0.4) is 0 Å². The number of carbonyl (C=O) groups is 1. The van der Waals surface area contributed by atoms with Crippen LogP contribution in [0.4, 0.5) is 5.82 Å². The Morgan fingerprint density at radius 3 is 2.88 bits per heavy atom. The fraction of sp³-hybridized carbons (Fsp3) is 0.176. The number of thioether (sulfide) groups is 1. The number of aryl methyl sites for hydroxylation is 1. The van der Waals surface area contributed by atoms with Gasteiger partial charge in [0.05, 0.1) is 11.9 Å². The Balaban J connectivity index is 1.85. The summed E-state index contributed by atoms with van der Waals surface area (Å²) >= 11 is 1.21. The van der Waals surface area contributed by atoms with E-state index in [1.165, 1.54) is 18.0 Å². The molecule has 1 aromatic carbocycles. The Morgan fingerprint density at radius 1 is 1.42 bits per heavy atom. The second-order valence-corrected chi connectivity index (χ2v) is 6.25. The van der Waals surface area contributed by atoms with Gasteiger partial charge in [0.1, 0.15) is 17.5 Å². The van der Waals surface area contributed by atoms with Crippen molar-refractivity contribution in [3.05, 3.63) is 47.3 Å². The minimum Gasteiger partial charge on any atom is -0.382 e. The van der Waals surface area contributed by atoms with Crippen molar-refractivity contribution in [2.75, 3.05) is 11.5 Å². The molecule has 0 radical (unpaired) electrons. The number of nitriles is 1. The summed E-state index contributed by atoms with van der Waals surface area (Å²) in [5.41, 5.74) is 8.59. The molecule has 2 N–H and O–H groups in total. The number of aromatic nitrogens is 3. The van der Waals surface area contributed by atoms with Gasteiger partial charge in [-0.05, 0) is 13.0 Å². The molecule has 0 aliphatic rings. The summed E-state index contributed by atoms with van der Waals surface area (Å²) in [6.45, 7) is 1.94. The Morgan fingerprint density at radius 2 is 2.17 bits per heavy atom. The topological polar surface area (TPSA) is 97.6 Å². The van der Waals surface area contributed by atoms with E-state index in [0.29, 0.717) is 5.16 Å². The molecule has 0 bridgehead atoms. The summed E-state index contributed by atoms with van der Waals surface area (Å²) in [6.07, 6.45) is 1.37. The van der Waals surface area contributed by atoms with Crippen LogP contribution in [0.1, 0.15) is 21.6 Å². The molecule has 3 rings (SSSR count). The standard InChI is InChI=1S/C17H15N5OS/c1-10-15(12-5-3-4-6-13(12)22(10)2)14(23)9-24-17-20-8-11(7-18)16(19)21-17/h3-6,8H,9H2,1-2H3,(H2,19,20,21). The Kier molecular flexibility index (Phi) is 4.23. The number of nitrogen functional groups attached to an aromatic ring is 1. The van der Waals surface area contributed by atoms with Crippen molar-refractivity contribution in [1.82, 2.24) is 14.5 Å². The lowest BCUT2D eigenvalue weighted by Crippen LogP contribution is -2.06. The lowest BCUT2D eigenvalue weighted by molar-refractivity contribution is 0.102. The maximum Gasteiger partial charge on any atom is 0.189 e. The van der Waals surface area contributed by atoms with E-state index in [9.17, 15) is 4.79 Å². The van der Waals surface area contributed by atoms with Crippen LogP contribution in [0.2, 0.25) is 0 Å². The largest absolute Gasteiger partial charge is 0.382 e. The van der Waals surface area contributed by atoms with Crippen LogP contribution in [0, 0.1) is 18.3 Å². The first-order valence-corrected chi connectivity index (χ1v) is 8.24. The number of fused-ring (bicyclic) bond motifs is 1. The molecule has 24 heavy (non-hydrogen) atoms. The number of rotatable bonds is 4. The Hall–Kier alpha value is -2.85. The number of para-hydroxylation sites is 1. The van der Waals surface area contributed by atoms with Crippen molar-refractivity contribution < 1.29 is 4.79 Å². The van der Waals surface area contributed by atoms with Crippen molar-refractivity contribution in [3.63, 3.8) is 0 Å². The van der Waals surface area contributed by atoms with Crippen LogP contribution in [0.5, 0.6) is 0 Å². The van der Waals surface area contributed by atoms with Crippen molar-refractivity contribution in [2.24, 2.45) is 7.05 Å². The highest BCUT2D eigenvalue weighted by molar-refractivity contribution is 7.99. The quantitative estimate of drug-likeness (QED) is 0.446. The first kappa shape index (κ1) is 16.0. The average Bonchev–Trinajstić information content (AvgIpc) is 2.84. The third kappa shape index (κ3) is 2.72. The van der Waals surface area contributed by atoms with E-state index >= 15 is 0 Å². The molecule has 0 saturated carbocycles. The molecule has 0 fully saturated rings. The maximum absolute atomic E-state index is 12.7. The van der Waals surface area contributed by atoms with Crippen LogP contribution in [0.25, 0.3) is 10.9 Å². The number of hydrogen-bond donors (Lipinski definition) is 1. The van der Waals surface area contributed by atoms with Crippen LogP contribution >= 0.6 is 11.8 Å². The minimum atomic E-state index is 0.0147. The molecule has 0 amide bonds. The van der Waals surface area contributed by atoms with E-state index in [1.807, 2.05) is 48.9 Å². The Labute approximate surface area is 143 Å². The molecule has 2 aromatic heterocycles. The summed E-state index contributed by atoms with van der Waals surface area (Å²) < 4.78 is 2.02. The summed E-state index contributed by atoms with van der Waals surface area (Å²) in [5, 5.41) is 10.2. The van der Waals surface area contributed by atoms with Gasteiger partial charge in [0.25, 0.3) is 0 Å². The van der Waals surface area contributed by atoms with Crippen molar-refractivity contribution in [3.8, 4) is 6.07 Å². The first-order chi connectivity index (χ1) is 11.5. The Bertz CT molecular complexity index is 987. The highest BCUT2D eigenvalue weighted by Gasteiger charge is 2.18. The molecule has 6 nitrogen and oxygen atoms in total. The highest BCUT2D eigenvalue weighted by Crippen LogP contribution is 2.27. The number of anilines is 1. The second-order valence-electron chi connectivity index (χ2n) is 5.31. The molecular formula is C17H15N5OS. The zero-order valence-corrected chi connectivity index (χ0v) is 14.1. The van der Waals surface area contributed by atoms with Gasteiger partial charge in [-0.3, -0.25) is 4.79 Å². The molecule has 120 valence electrons. The van der Waals surface area contributed by atoms with Gasteiger partial charge in [-0.1, -0.05) is 30.0 Å². The first-order valence-electron chi connectivity index (χ1n) is 7.25. The minimum absolute atomic E-state index is 0.0147. The van der Waals surface area contributed by atoms with Gasteiger partial charge in [0.15, 0.2) is 10.9 Å². The molecule has 0 aliphatic heterocycles. The number of hydrogen-bond acceptors (Lipinski definition) is 6. The molecule has 0 saturated heterocycles. The average molecular weight is 337 g/mol. The van der Waals surface area contributed by atoms with Gasteiger partial charge in [-0.15, -0.1) is 0 Å². The molecular weight excluding hydrogens is 322 g/mol. The third-order valence-corrected chi connectivity index (χ3v) is 4.79. The number of nitrogens with two attached hydrogens (primary N) is 1. The van der Waals surface area contributed by atoms with Gasteiger partial charge in [-0.25, -0.2) is 9.97 Å². The third-order valence-electron chi connectivity index (χ3n) is 3.93. The summed E-state index contributed by atoms with van der Waals surface area (Å²) in [4.78, 5) is 20.8. The van der Waals surface area contributed by atoms with E-state index < -0.39 is 0 Å². The predicted octanol–water partition coefficient (Wildman–Crippen LogP) is 2.71. The molecule has 2 heterocycles. The molecule has 0 spiro atoms. The number of benzene rings is 1. The number of Topliss-reactive ketones (excluding diaryl/α,β-unsaturated/α-hetero) is 1. The molecule has 0 unspecified atom stereocenters. The van der Waals surface area contributed by atoms with Crippen LogP contribution in [0.15, 0.2) is 35.6 Å². The van der Waals surface area contributed by atoms with Crippen molar-refractivity contribution in [1.29, 1.82) is 5.26 Å². The zero-order valence-electron chi connectivity index (χ0n) is 13.3. The summed E-state index contributed by atoms with van der Waals surface area (Å²) in [6, 6.07) is 9.75. The van der Waals surface area contributed by atoms with Gasteiger partial charge < -0.3 is 10.3 Å². The van der Waals surface area contributed by atoms with Crippen molar-refractivity contribution >= 4 is 34.3 Å². The fourth-order valence-electron chi connectivity index (χ4n) is 2.61. The SMILES string of the molecule is Cc1c(C(=O)CSc2ncc(C#N)c(N)n2)c2ccccc2n1C. The predicted molar refractivity (Wildman–Crippen MR) is 93.9 cm³/mol. The van der Waals surface area contributed by atoms with Gasteiger partial charge in [0, 0.05) is 29.2 Å². The van der Waals surface area contributed by atoms with Gasteiger partial charge >= 0.3 is 0 Å². The molecule has 3 aromatic rings. The van der Waals surface area contributed by atoms with Gasteiger partial charge in [0.2, 0.25) is 0 Å². The number of nitrogens with zero attached hydrogens (tertiary/aromatic N) is 4. The summed E-state index contributed by atoms with van der Waals surface area (Å²) in [7, 11) is 1.95. The van der Waals surface area contributed by atoms with E-state index in [1.54, 1.807) is 0 Å². The van der Waals surface area contributed by atoms with E-state index in [-0.39, 0.29) is 22.9 Å². The molecule has 7 heteroatoms. The summed E-state index contributed by atoms with van der Waals surface area (Å²) in [5.74, 6) is 0.352. The second kappa shape index (κ2) is 6.34. The lowest BCUT2D eigenvalue weighted by atomic mass is 10.1. The molecule has 0 atom stereocenters. The van der Waals surface area contributed by atoms with Crippen LogP contribution < -0.4 is 5.73 Å². The van der Waals surface area contributed by atoms with Gasteiger partial charge in [-0.2, -0.15) is 5.26 Å². The number of carbonyl (C=O) groups excluding carboxylic acids is 1. The molecule has 0 aliphatic carbocycles. The monoisotopic (exact) mass is 337 g/mol. The zero-order chi connectivity index (χ0) is 17.3. The van der Waals surface area contributed by atoms with Crippen LogP contribution in [-0.2, 0) is 7.05 Å². The van der Waals surface area contributed by atoms with E-state index in [2.05, 4.69) is 9.97 Å². The van der Waals surface area contributed by atoms with Crippen LogP contribution in [-0.4, -0.2) is 26.1 Å².